The highest BCUT2D eigenvalue weighted by atomic mass is 16.7. The van der Waals surface area contributed by atoms with Crippen LogP contribution in [0.5, 0.6) is 0 Å². The van der Waals surface area contributed by atoms with Crippen molar-refractivity contribution in [3.63, 3.8) is 0 Å². The largest absolute Gasteiger partial charge is 0.464 e. The summed E-state index contributed by atoms with van der Waals surface area (Å²) in [5, 5.41) is 0. The molecular formula is C9H10O3. The van der Waals surface area contributed by atoms with E-state index in [1.807, 2.05) is 6.07 Å². The van der Waals surface area contributed by atoms with Crippen LogP contribution in [0.1, 0.15) is 12.1 Å². The highest BCUT2D eigenvalue weighted by Crippen LogP contribution is 2.24. The Morgan fingerprint density at radius 2 is 2.08 bits per heavy atom. The molecule has 2 heterocycles. The highest BCUT2D eigenvalue weighted by molar-refractivity contribution is 5.00. The zero-order chi connectivity index (χ0) is 8.39. The van der Waals surface area contributed by atoms with Crippen LogP contribution in [0.2, 0.25) is 0 Å². The topological polar surface area (TPSA) is 31.6 Å². The number of hydrogen-bond donors (Lipinski definition) is 0. The fraction of sp³-hybridized carbons (Fsp3) is 0.444. The SMILES string of the molecule is [CH]C1COC(c2ccco2)OC1. The first kappa shape index (κ1) is 7.83. The average Bonchev–Trinajstić information content (AvgIpc) is 2.58. The minimum absolute atomic E-state index is 0.0174. The predicted molar refractivity (Wildman–Crippen MR) is 41.1 cm³/mol. The van der Waals surface area contributed by atoms with Gasteiger partial charge in [0, 0.05) is 5.92 Å². The second-order valence-electron chi connectivity index (χ2n) is 2.77. The third kappa shape index (κ3) is 1.52. The summed E-state index contributed by atoms with van der Waals surface area (Å²) < 4.78 is 15.7. The molecule has 1 aliphatic heterocycles. The van der Waals surface area contributed by atoms with Gasteiger partial charge >= 0.3 is 0 Å². The Morgan fingerprint density at radius 3 is 2.67 bits per heavy atom. The van der Waals surface area contributed by atoms with Gasteiger partial charge in [0.1, 0.15) is 0 Å². The van der Waals surface area contributed by atoms with Crippen molar-refractivity contribution < 1.29 is 13.9 Å². The van der Waals surface area contributed by atoms with Crippen LogP contribution in [-0.4, -0.2) is 13.2 Å². The van der Waals surface area contributed by atoms with Crippen LogP contribution in [0, 0.1) is 12.8 Å². The molecule has 2 radical (unpaired) electrons. The molecule has 0 aliphatic carbocycles. The van der Waals surface area contributed by atoms with Gasteiger partial charge in [-0.25, -0.2) is 0 Å². The summed E-state index contributed by atoms with van der Waals surface area (Å²) in [5.74, 6) is 0.679. The lowest BCUT2D eigenvalue weighted by Gasteiger charge is -2.25. The van der Waals surface area contributed by atoms with Crippen LogP contribution < -0.4 is 0 Å². The van der Waals surface area contributed by atoms with Crippen molar-refractivity contribution in [2.45, 2.75) is 6.29 Å². The molecule has 0 aromatic carbocycles. The monoisotopic (exact) mass is 166 g/mol. The molecule has 0 bridgehead atoms. The number of ether oxygens (including phenoxy) is 2. The van der Waals surface area contributed by atoms with Gasteiger partial charge in [-0.3, -0.25) is 0 Å². The Balaban J connectivity index is 1.99. The van der Waals surface area contributed by atoms with E-state index >= 15 is 0 Å². The van der Waals surface area contributed by atoms with E-state index in [1.165, 1.54) is 0 Å². The first-order valence-electron chi connectivity index (χ1n) is 3.88. The molecule has 1 aromatic rings. The zero-order valence-electron chi connectivity index (χ0n) is 6.60. The molecule has 1 aromatic heterocycles. The van der Waals surface area contributed by atoms with Gasteiger partial charge in [-0.2, -0.15) is 0 Å². The van der Waals surface area contributed by atoms with E-state index in [2.05, 4.69) is 0 Å². The maximum absolute atomic E-state index is 5.57. The van der Waals surface area contributed by atoms with Gasteiger partial charge < -0.3 is 13.9 Å². The molecule has 0 spiro atoms. The lowest BCUT2D eigenvalue weighted by molar-refractivity contribution is -0.206. The van der Waals surface area contributed by atoms with Crippen LogP contribution in [0.4, 0.5) is 0 Å². The molecule has 0 atom stereocenters. The molecule has 2 rings (SSSR count). The third-order valence-corrected chi connectivity index (χ3v) is 1.70. The summed E-state index contributed by atoms with van der Waals surface area (Å²) in [6.07, 6.45) is 1.22. The molecule has 1 aliphatic rings. The zero-order valence-corrected chi connectivity index (χ0v) is 6.60. The maximum atomic E-state index is 5.57. The van der Waals surface area contributed by atoms with Crippen molar-refractivity contribution in [1.29, 1.82) is 0 Å². The summed E-state index contributed by atoms with van der Waals surface area (Å²) in [6.45, 7) is 6.61. The van der Waals surface area contributed by atoms with E-state index in [-0.39, 0.29) is 12.2 Å². The second kappa shape index (κ2) is 3.29. The van der Waals surface area contributed by atoms with Gasteiger partial charge in [0.2, 0.25) is 6.29 Å². The Morgan fingerprint density at radius 1 is 1.33 bits per heavy atom. The molecule has 0 saturated carbocycles. The molecular weight excluding hydrogens is 156 g/mol. The maximum Gasteiger partial charge on any atom is 0.217 e. The first-order chi connectivity index (χ1) is 5.86. The van der Waals surface area contributed by atoms with Gasteiger partial charge in [0.15, 0.2) is 5.76 Å². The van der Waals surface area contributed by atoms with Crippen molar-refractivity contribution >= 4 is 0 Å². The second-order valence-corrected chi connectivity index (χ2v) is 2.77. The lowest BCUT2D eigenvalue weighted by atomic mass is 10.2. The average molecular weight is 166 g/mol. The Bertz CT molecular complexity index is 222. The predicted octanol–water partition coefficient (Wildman–Crippen LogP) is 1.65. The molecule has 12 heavy (non-hydrogen) atoms. The molecule has 0 unspecified atom stereocenters. The van der Waals surface area contributed by atoms with Crippen LogP contribution in [-0.2, 0) is 9.47 Å². The summed E-state index contributed by atoms with van der Waals surface area (Å²) in [5.41, 5.74) is 0. The molecule has 3 nitrogen and oxygen atoms in total. The van der Waals surface area contributed by atoms with Crippen molar-refractivity contribution in [2.75, 3.05) is 13.2 Å². The third-order valence-electron chi connectivity index (χ3n) is 1.70. The minimum Gasteiger partial charge on any atom is -0.464 e. The summed E-state index contributed by atoms with van der Waals surface area (Å²) >= 11 is 0. The lowest BCUT2D eigenvalue weighted by Crippen LogP contribution is -2.24. The van der Waals surface area contributed by atoms with Crippen molar-refractivity contribution in [1.82, 2.24) is 0 Å². The van der Waals surface area contributed by atoms with Gasteiger partial charge in [-0.15, -0.1) is 0 Å². The van der Waals surface area contributed by atoms with Gasteiger partial charge in [-0.05, 0) is 19.1 Å². The van der Waals surface area contributed by atoms with Crippen molar-refractivity contribution in [2.24, 2.45) is 5.92 Å². The van der Waals surface area contributed by atoms with E-state index in [0.717, 1.165) is 0 Å². The summed E-state index contributed by atoms with van der Waals surface area (Å²) in [7, 11) is 0. The van der Waals surface area contributed by atoms with Crippen molar-refractivity contribution in [3.05, 3.63) is 31.1 Å². The minimum atomic E-state index is -0.375. The standard InChI is InChI=1S/C9H10O3/c1-7-5-11-9(12-6-7)8-3-2-4-10-8/h1-4,7,9H,5-6H2. The molecule has 0 amide bonds. The van der Waals surface area contributed by atoms with E-state index in [9.17, 15) is 0 Å². The van der Waals surface area contributed by atoms with E-state index in [0.29, 0.717) is 19.0 Å². The fourth-order valence-corrected chi connectivity index (χ4v) is 1.11. The van der Waals surface area contributed by atoms with Gasteiger partial charge in [0.05, 0.1) is 19.5 Å². The summed E-state index contributed by atoms with van der Waals surface area (Å²) in [4.78, 5) is 0. The van der Waals surface area contributed by atoms with Crippen LogP contribution in [0.15, 0.2) is 22.8 Å². The number of hydrogen-bond acceptors (Lipinski definition) is 3. The van der Waals surface area contributed by atoms with Crippen molar-refractivity contribution in [3.8, 4) is 0 Å². The van der Waals surface area contributed by atoms with Crippen LogP contribution in [0.3, 0.4) is 0 Å². The molecule has 1 fully saturated rings. The Hall–Kier alpha value is -0.800. The van der Waals surface area contributed by atoms with Gasteiger partial charge in [0.25, 0.3) is 0 Å². The van der Waals surface area contributed by atoms with Crippen LogP contribution in [0.25, 0.3) is 0 Å². The smallest absolute Gasteiger partial charge is 0.217 e. The highest BCUT2D eigenvalue weighted by Gasteiger charge is 2.22. The molecule has 0 N–H and O–H groups in total. The molecule has 1 saturated heterocycles. The Labute approximate surface area is 71.3 Å². The normalized spacial score (nSPS) is 30.4. The number of furan rings is 1. The van der Waals surface area contributed by atoms with E-state index in [1.54, 1.807) is 12.3 Å². The quantitative estimate of drug-likeness (QED) is 0.635. The molecule has 3 heteroatoms. The van der Waals surface area contributed by atoms with E-state index < -0.39 is 0 Å². The van der Waals surface area contributed by atoms with Crippen LogP contribution >= 0.6 is 0 Å². The van der Waals surface area contributed by atoms with Gasteiger partial charge in [-0.1, -0.05) is 0 Å². The molecule has 64 valence electrons. The Kier molecular flexibility index (Phi) is 2.15. The first-order valence-corrected chi connectivity index (χ1v) is 3.88. The van der Waals surface area contributed by atoms with E-state index in [4.69, 9.17) is 20.8 Å². The number of rotatable bonds is 1. The fourth-order valence-electron chi connectivity index (χ4n) is 1.11. The summed E-state index contributed by atoms with van der Waals surface area (Å²) in [6, 6.07) is 3.62.